The van der Waals surface area contributed by atoms with E-state index in [9.17, 15) is 9.90 Å². The largest absolute Gasteiger partial charge is 0.508 e. The Balaban J connectivity index is 1.88. The Kier molecular flexibility index (Phi) is 5.41. The molecule has 1 aliphatic rings. The first-order valence-electron chi connectivity index (χ1n) is 7.48. The third-order valence-electron chi connectivity index (χ3n) is 3.72. The standard InChI is InChI=1S/C16H24N2O2/c1-2-8-17-14-6-4-9-18(12-14)16(20)11-13-5-3-7-15(19)10-13/h3,5,7,10,14,17,19H,2,4,6,8-9,11-12H2,1H3. The molecule has 110 valence electrons. The molecule has 0 bridgehead atoms. The van der Waals surface area contributed by atoms with E-state index in [0.29, 0.717) is 12.5 Å². The van der Waals surface area contributed by atoms with E-state index in [1.54, 1.807) is 18.2 Å². The molecular formula is C16H24N2O2. The molecule has 0 saturated carbocycles. The van der Waals surface area contributed by atoms with Crippen molar-refractivity contribution in [1.29, 1.82) is 0 Å². The number of phenolic OH excluding ortho intramolecular Hbond substituents is 1. The minimum Gasteiger partial charge on any atom is -0.508 e. The van der Waals surface area contributed by atoms with Crippen LogP contribution in [0.25, 0.3) is 0 Å². The molecule has 1 amide bonds. The highest BCUT2D eigenvalue weighted by molar-refractivity contribution is 5.79. The fourth-order valence-corrected chi connectivity index (χ4v) is 2.67. The van der Waals surface area contributed by atoms with Crippen molar-refractivity contribution in [2.75, 3.05) is 19.6 Å². The third kappa shape index (κ3) is 4.23. The predicted molar refractivity (Wildman–Crippen MR) is 79.7 cm³/mol. The number of phenols is 1. The Labute approximate surface area is 120 Å². The fraction of sp³-hybridized carbons (Fsp3) is 0.562. The maximum absolute atomic E-state index is 12.3. The molecule has 1 aliphatic heterocycles. The lowest BCUT2D eigenvalue weighted by atomic mass is 10.0. The molecule has 1 aromatic carbocycles. The van der Waals surface area contributed by atoms with E-state index in [4.69, 9.17) is 0 Å². The molecule has 1 heterocycles. The van der Waals surface area contributed by atoms with E-state index in [0.717, 1.165) is 44.5 Å². The van der Waals surface area contributed by atoms with Crippen molar-refractivity contribution < 1.29 is 9.90 Å². The molecule has 1 saturated heterocycles. The van der Waals surface area contributed by atoms with Gasteiger partial charge in [0.1, 0.15) is 5.75 Å². The van der Waals surface area contributed by atoms with Crippen LogP contribution in [-0.2, 0) is 11.2 Å². The Bertz CT molecular complexity index is 448. The van der Waals surface area contributed by atoms with Crippen LogP contribution in [0.4, 0.5) is 0 Å². The van der Waals surface area contributed by atoms with Crippen LogP contribution in [0.3, 0.4) is 0 Å². The van der Waals surface area contributed by atoms with Crippen LogP contribution >= 0.6 is 0 Å². The number of aromatic hydroxyl groups is 1. The topological polar surface area (TPSA) is 52.6 Å². The number of carbonyl (C=O) groups is 1. The maximum atomic E-state index is 12.3. The number of piperidine rings is 1. The molecule has 1 atom stereocenters. The van der Waals surface area contributed by atoms with Crippen LogP contribution < -0.4 is 5.32 Å². The molecule has 4 nitrogen and oxygen atoms in total. The molecule has 0 radical (unpaired) electrons. The average molecular weight is 276 g/mol. The van der Waals surface area contributed by atoms with Crippen molar-refractivity contribution in [1.82, 2.24) is 10.2 Å². The summed E-state index contributed by atoms with van der Waals surface area (Å²) in [6.45, 7) is 4.82. The van der Waals surface area contributed by atoms with Crippen LogP contribution in [0, 0.1) is 0 Å². The first kappa shape index (κ1) is 14.9. The van der Waals surface area contributed by atoms with Gasteiger partial charge in [0, 0.05) is 19.1 Å². The highest BCUT2D eigenvalue weighted by atomic mass is 16.3. The smallest absolute Gasteiger partial charge is 0.227 e. The van der Waals surface area contributed by atoms with Gasteiger partial charge in [-0.2, -0.15) is 0 Å². The van der Waals surface area contributed by atoms with Gasteiger partial charge in [-0.25, -0.2) is 0 Å². The third-order valence-corrected chi connectivity index (χ3v) is 3.72. The summed E-state index contributed by atoms with van der Waals surface area (Å²) < 4.78 is 0. The number of nitrogens with zero attached hydrogens (tertiary/aromatic N) is 1. The number of likely N-dealkylation sites (tertiary alicyclic amines) is 1. The second-order valence-electron chi connectivity index (χ2n) is 5.48. The number of hydrogen-bond acceptors (Lipinski definition) is 3. The number of amides is 1. The van der Waals surface area contributed by atoms with E-state index < -0.39 is 0 Å². The summed E-state index contributed by atoms with van der Waals surface area (Å²) in [7, 11) is 0. The summed E-state index contributed by atoms with van der Waals surface area (Å²) in [5, 5.41) is 12.9. The molecule has 1 fully saturated rings. The van der Waals surface area contributed by atoms with Gasteiger partial charge in [0.05, 0.1) is 6.42 Å². The highest BCUT2D eigenvalue weighted by Gasteiger charge is 2.23. The first-order chi connectivity index (χ1) is 9.69. The lowest BCUT2D eigenvalue weighted by Crippen LogP contribution is -2.48. The van der Waals surface area contributed by atoms with Crippen LogP contribution in [0.1, 0.15) is 31.7 Å². The van der Waals surface area contributed by atoms with Gasteiger partial charge in [-0.15, -0.1) is 0 Å². The van der Waals surface area contributed by atoms with E-state index in [2.05, 4.69) is 12.2 Å². The molecule has 20 heavy (non-hydrogen) atoms. The minimum absolute atomic E-state index is 0.151. The Morgan fingerprint density at radius 2 is 2.35 bits per heavy atom. The van der Waals surface area contributed by atoms with Crippen molar-refractivity contribution in [3.05, 3.63) is 29.8 Å². The average Bonchev–Trinajstić information content (AvgIpc) is 2.45. The SMILES string of the molecule is CCCNC1CCCN(C(=O)Cc2cccc(O)c2)C1. The van der Waals surface area contributed by atoms with Crippen molar-refractivity contribution in [3.63, 3.8) is 0 Å². The van der Waals surface area contributed by atoms with Crippen molar-refractivity contribution in [2.45, 2.75) is 38.6 Å². The summed E-state index contributed by atoms with van der Waals surface area (Å²) in [4.78, 5) is 14.3. The summed E-state index contributed by atoms with van der Waals surface area (Å²) in [6.07, 6.45) is 3.70. The van der Waals surface area contributed by atoms with Crippen LogP contribution in [0.2, 0.25) is 0 Å². The number of rotatable bonds is 5. The second kappa shape index (κ2) is 7.29. The Morgan fingerprint density at radius 3 is 3.10 bits per heavy atom. The van der Waals surface area contributed by atoms with Crippen molar-refractivity contribution >= 4 is 5.91 Å². The maximum Gasteiger partial charge on any atom is 0.227 e. The van der Waals surface area contributed by atoms with Crippen molar-refractivity contribution in [3.8, 4) is 5.75 Å². The molecule has 1 aromatic rings. The molecular weight excluding hydrogens is 252 g/mol. The normalized spacial score (nSPS) is 19.1. The van der Waals surface area contributed by atoms with Gasteiger partial charge in [0.2, 0.25) is 5.91 Å². The van der Waals surface area contributed by atoms with Gasteiger partial charge in [0.15, 0.2) is 0 Å². The molecule has 1 unspecified atom stereocenters. The first-order valence-corrected chi connectivity index (χ1v) is 7.48. The van der Waals surface area contributed by atoms with E-state index in [1.807, 2.05) is 11.0 Å². The number of benzene rings is 1. The zero-order valence-electron chi connectivity index (χ0n) is 12.1. The van der Waals surface area contributed by atoms with Gasteiger partial charge in [0.25, 0.3) is 0 Å². The second-order valence-corrected chi connectivity index (χ2v) is 5.48. The minimum atomic E-state index is 0.151. The number of hydrogen-bond donors (Lipinski definition) is 2. The molecule has 2 N–H and O–H groups in total. The molecule has 0 spiro atoms. The van der Waals surface area contributed by atoms with Crippen LogP contribution in [-0.4, -0.2) is 41.6 Å². The summed E-state index contributed by atoms with van der Waals surface area (Å²) in [5.74, 6) is 0.370. The van der Waals surface area contributed by atoms with Crippen LogP contribution in [0.15, 0.2) is 24.3 Å². The summed E-state index contributed by atoms with van der Waals surface area (Å²) in [6, 6.07) is 7.37. The van der Waals surface area contributed by atoms with Gasteiger partial charge >= 0.3 is 0 Å². The Hall–Kier alpha value is -1.55. The van der Waals surface area contributed by atoms with Crippen molar-refractivity contribution in [2.24, 2.45) is 0 Å². The van der Waals surface area contributed by atoms with Gasteiger partial charge in [-0.1, -0.05) is 19.1 Å². The van der Waals surface area contributed by atoms with E-state index >= 15 is 0 Å². The fourth-order valence-electron chi connectivity index (χ4n) is 2.67. The van der Waals surface area contributed by atoms with Gasteiger partial charge < -0.3 is 15.3 Å². The number of carbonyl (C=O) groups excluding carboxylic acids is 1. The zero-order chi connectivity index (χ0) is 14.4. The summed E-state index contributed by atoms with van der Waals surface area (Å²) >= 11 is 0. The monoisotopic (exact) mass is 276 g/mol. The lowest BCUT2D eigenvalue weighted by molar-refractivity contribution is -0.131. The molecule has 2 rings (SSSR count). The summed E-state index contributed by atoms with van der Waals surface area (Å²) in [5.41, 5.74) is 0.874. The zero-order valence-corrected chi connectivity index (χ0v) is 12.1. The highest BCUT2D eigenvalue weighted by Crippen LogP contribution is 2.15. The Morgan fingerprint density at radius 1 is 1.50 bits per heavy atom. The predicted octanol–water partition coefficient (Wildman–Crippen LogP) is 1.93. The van der Waals surface area contributed by atoms with Crippen LogP contribution in [0.5, 0.6) is 5.75 Å². The van der Waals surface area contributed by atoms with E-state index in [1.165, 1.54) is 0 Å². The molecule has 0 aliphatic carbocycles. The van der Waals surface area contributed by atoms with Gasteiger partial charge in [-0.3, -0.25) is 4.79 Å². The molecule has 4 heteroatoms. The quantitative estimate of drug-likeness (QED) is 0.864. The van der Waals surface area contributed by atoms with E-state index in [-0.39, 0.29) is 11.7 Å². The van der Waals surface area contributed by atoms with Gasteiger partial charge in [-0.05, 0) is 43.5 Å². The lowest BCUT2D eigenvalue weighted by Gasteiger charge is -2.33. The number of nitrogens with one attached hydrogen (secondary N) is 1. The molecule has 0 aromatic heterocycles.